The second-order valence-electron chi connectivity index (χ2n) is 4.77. The van der Waals surface area contributed by atoms with Gasteiger partial charge in [0.2, 0.25) is 5.91 Å². The Kier molecular flexibility index (Phi) is 4.76. The van der Waals surface area contributed by atoms with E-state index < -0.39 is 6.04 Å². The van der Waals surface area contributed by atoms with Gasteiger partial charge in [-0.25, -0.2) is 0 Å². The Labute approximate surface area is 113 Å². The molecular formula is C14H20N2O3. The van der Waals surface area contributed by atoms with Gasteiger partial charge in [-0.3, -0.25) is 4.79 Å². The Morgan fingerprint density at radius 1 is 1.32 bits per heavy atom. The maximum Gasteiger partial charge on any atom is 0.239 e. The van der Waals surface area contributed by atoms with Gasteiger partial charge in [-0.1, -0.05) is 12.1 Å². The van der Waals surface area contributed by atoms with Gasteiger partial charge in [-0.15, -0.1) is 0 Å². The number of rotatable bonds is 3. The van der Waals surface area contributed by atoms with Crippen molar-refractivity contribution in [1.82, 2.24) is 4.90 Å². The Bertz CT molecular complexity index is 411. The van der Waals surface area contributed by atoms with Gasteiger partial charge < -0.3 is 20.5 Å². The number of ether oxygens (including phenoxy) is 1. The fourth-order valence-electron chi connectivity index (χ4n) is 2.17. The van der Waals surface area contributed by atoms with E-state index in [4.69, 9.17) is 10.5 Å². The van der Waals surface area contributed by atoms with E-state index in [2.05, 4.69) is 0 Å². The molecule has 1 amide bonds. The Morgan fingerprint density at radius 2 is 2.05 bits per heavy atom. The van der Waals surface area contributed by atoms with E-state index in [1.807, 2.05) is 0 Å². The first-order valence-electron chi connectivity index (χ1n) is 6.57. The zero-order chi connectivity index (χ0) is 13.7. The Balaban J connectivity index is 1.92. The average Bonchev–Trinajstić information content (AvgIpc) is 2.69. The van der Waals surface area contributed by atoms with E-state index in [9.17, 15) is 9.90 Å². The minimum Gasteiger partial charge on any atom is -0.508 e. The molecule has 1 fully saturated rings. The van der Waals surface area contributed by atoms with Gasteiger partial charge >= 0.3 is 0 Å². The summed E-state index contributed by atoms with van der Waals surface area (Å²) in [6.07, 6.45) is 1.34. The standard InChI is InChI=1S/C14H20N2O3/c15-13(10-11-2-4-12(17)5-3-11)14(18)16-6-1-8-19-9-7-16/h2-5,13,17H,1,6-10,15H2. The number of benzene rings is 1. The van der Waals surface area contributed by atoms with Crippen molar-refractivity contribution in [3.8, 4) is 5.75 Å². The second-order valence-corrected chi connectivity index (χ2v) is 4.77. The van der Waals surface area contributed by atoms with Crippen molar-refractivity contribution in [2.45, 2.75) is 18.9 Å². The molecule has 1 saturated heterocycles. The molecule has 1 aromatic rings. The summed E-state index contributed by atoms with van der Waals surface area (Å²) in [6, 6.07) is 6.24. The average molecular weight is 264 g/mol. The van der Waals surface area contributed by atoms with E-state index in [1.54, 1.807) is 29.2 Å². The van der Waals surface area contributed by atoms with E-state index in [0.717, 1.165) is 12.0 Å². The molecule has 1 aromatic carbocycles. The third-order valence-electron chi connectivity index (χ3n) is 3.24. The number of carbonyl (C=O) groups is 1. The highest BCUT2D eigenvalue weighted by Gasteiger charge is 2.22. The van der Waals surface area contributed by atoms with Crippen LogP contribution < -0.4 is 5.73 Å². The third kappa shape index (κ3) is 3.94. The largest absolute Gasteiger partial charge is 0.508 e. The number of hydrogen-bond acceptors (Lipinski definition) is 4. The van der Waals surface area contributed by atoms with E-state index in [1.165, 1.54) is 0 Å². The molecule has 1 unspecified atom stereocenters. The van der Waals surface area contributed by atoms with E-state index in [-0.39, 0.29) is 11.7 Å². The summed E-state index contributed by atoms with van der Waals surface area (Å²) >= 11 is 0. The fourth-order valence-corrected chi connectivity index (χ4v) is 2.17. The van der Waals surface area contributed by atoms with Crippen LogP contribution in [0.1, 0.15) is 12.0 Å². The van der Waals surface area contributed by atoms with Crippen LogP contribution in [0.5, 0.6) is 5.75 Å². The number of carbonyl (C=O) groups excluding carboxylic acids is 1. The van der Waals surface area contributed by atoms with Gasteiger partial charge in [-0.2, -0.15) is 0 Å². The topological polar surface area (TPSA) is 75.8 Å². The molecule has 1 aliphatic heterocycles. The predicted octanol–water partition coefficient (Wildman–Crippen LogP) is 0.511. The summed E-state index contributed by atoms with van der Waals surface area (Å²) in [5, 5.41) is 9.21. The van der Waals surface area contributed by atoms with Crippen molar-refractivity contribution in [2.75, 3.05) is 26.3 Å². The molecule has 1 heterocycles. The Hall–Kier alpha value is -1.59. The summed E-state index contributed by atoms with van der Waals surface area (Å²) in [6.45, 7) is 2.61. The molecule has 5 nitrogen and oxygen atoms in total. The molecule has 1 atom stereocenters. The van der Waals surface area contributed by atoms with Crippen LogP contribution in [-0.2, 0) is 16.0 Å². The van der Waals surface area contributed by atoms with Crippen LogP contribution in [0.15, 0.2) is 24.3 Å². The van der Waals surface area contributed by atoms with Gasteiger partial charge in [-0.05, 0) is 30.5 Å². The van der Waals surface area contributed by atoms with Crippen molar-refractivity contribution in [3.05, 3.63) is 29.8 Å². The monoisotopic (exact) mass is 264 g/mol. The van der Waals surface area contributed by atoms with E-state index in [0.29, 0.717) is 32.7 Å². The first-order chi connectivity index (χ1) is 9.16. The smallest absolute Gasteiger partial charge is 0.239 e. The SMILES string of the molecule is NC(Cc1ccc(O)cc1)C(=O)N1CCCOCC1. The number of nitrogens with two attached hydrogens (primary N) is 1. The van der Waals surface area contributed by atoms with Gasteiger partial charge in [0, 0.05) is 19.7 Å². The molecule has 0 saturated carbocycles. The lowest BCUT2D eigenvalue weighted by Gasteiger charge is -2.23. The number of phenols is 1. The molecule has 0 aliphatic carbocycles. The van der Waals surface area contributed by atoms with Gasteiger partial charge in [0.15, 0.2) is 0 Å². The van der Waals surface area contributed by atoms with Gasteiger partial charge in [0.25, 0.3) is 0 Å². The first kappa shape index (κ1) is 13.8. The lowest BCUT2D eigenvalue weighted by atomic mass is 10.1. The quantitative estimate of drug-likeness (QED) is 0.834. The zero-order valence-corrected chi connectivity index (χ0v) is 10.9. The van der Waals surface area contributed by atoms with Gasteiger partial charge in [0.1, 0.15) is 5.75 Å². The molecule has 1 aliphatic rings. The van der Waals surface area contributed by atoms with Crippen LogP contribution in [0.2, 0.25) is 0 Å². The Morgan fingerprint density at radius 3 is 2.79 bits per heavy atom. The van der Waals surface area contributed by atoms with Crippen molar-refractivity contribution >= 4 is 5.91 Å². The molecule has 3 N–H and O–H groups in total. The van der Waals surface area contributed by atoms with Crippen LogP contribution >= 0.6 is 0 Å². The normalized spacial score (nSPS) is 17.8. The molecule has 2 rings (SSSR count). The lowest BCUT2D eigenvalue weighted by molar-refractivity contribution is -0.132. The van der Waals surface area contributed by atoms with Crippen LogP contribution in [0, 0.1) is 0 Å². The van der Waals surface area contributed by atoms with Crippen molar-refractivity contribution in [3.63, 3.8) is 0 Å². The van der Waals surface area contributed by atoms with Crippen LogP contribution in [0.25, 0.3) is 0 Å². The minimum absolute atomic E-state index is 0.0291. The number of amides is 1. The highest BCUT2D eigenvalue weighted by atomic mass is 16.5. The molecule has 104 valence electrons. The molecule has 5 heteroatoms. The van der Waals surface area contributed by atoms with Crippen LogP contribution in [-0.4, -0.2) is 48.3 Å². The third-order valence-corrected chi connectivity index (χ3v) is 3.24. The summed E-state index contributed by atoms with van der Waals surface area (Å²) in [5.41, 5.74) is 6.92. The maximum absolute atomic E-state index is 12.2. The number of aromatic hydroxyl groups is 1. The highest BCUT2D eigenvalue weighted by molar-refractivity contribution is 5.82. The highest BCUT2D eigenvalue weighted by Crippen LogP contribution is 2.12. The molecule has 0 radical (unpaired) electrons. The van der Waals surface area contributed by atoms with Crippen molar-refractivity contribution in [2.24, 2.45) is 5.73 Å². The van der Waals surface area contributed by atoms with Crippen LogP contribution in [0.4, 0.5) is 0 Å². The van der Waals surface area contributed by atoms with Gasteiger partial charge in [0.05, 0.1) is 12.6 Å². The van der Waals surface area contributed by atoms with Crippen molar-refractivity contribution in [1.29, 1.82) is 0 Å². The number of nitrogens with zero attached hydrogens (tertiary/aromatic N) is 1. The number of hydrogen-bond donors (Lipinski definition) is 2. The zero-order valence-electron chi connectivity index (χ0n) is 10.9. The van der Waals surface area contributed by atoms with Crippen molar-refractivity contribution < 1.29 is 14.6 Å². The van der Waals surface area contributed by atoms with Crippen LogP contribution in [0.3, 0.4) is 0 Å². The van der Waals surface area contributed by atoms with E-state index >= 15 is 0 Å². The molecule has 0 bridgehead atoms. The molecule has 0 spiro atoms. The molecular weight excluding hydrogens is 244 g/mol. The fraction of sp³-hybridized carbons (Fsp3) is 0.500. The summed E-state index contributed by atoms with van der Waals surface area (Å²) < 4.78 is 5.32. The minimum atomic E-state index is -0.539. The summed E-state index contributed by atoms with van der Waals surface area (Å²) in [7, 11) is 0. The number of phenolic OH excluding ortho intramolecular Hbond substituents is 1. The summed E-state index contributed by atoms with van der Waals surface area (Å²) in [5.74, 6) is 0.187. The molecule has 0 aromatic heterocycles. The second kappa shape index (κ2) is 6.54. The summed E-state index contributed by atoms with van der Waals surface area (Å²) in [4.78, 5) is 14.0. The first-order valence-corrected chi connectivity index (χ1v) is 6.57. The lowest BCUT2D eigenvalue weighted by Crippen LogP contribution is -2.45. The maximum atomic E-state index is 12.2. The predicted molar refractivity (Wildman–Crippen MR) is 71.8 cm³/mol. The molecule has 19 heavy (non-hydrogen) atoms.